The molecule has 0 spiro atoms. The van der Waals surface area contributed by atoms with Crippen LogP contribution < -0.4 is 10.2 Å². The lowest BCUT2D eigenvalue weighted by Gasteiger charge is -2.35. The summed E-state index contributed by atoms with van der Waals surface area (Å²) in [6, 6.07) is 7.81. The van der Waals surface area contributed by atoms with E-state index in [1.54, 1.807) is 19.4 Å². The van der Waals surface area contributed by atoms with Crippen LogP contribution in [-0.4, -0.2) is 52.4 Å². The summed E-state index contributed by atoms with van der Waals surface area (Å²) in [5.41, 5.74) is 1.97. The van der Waals surface area contributed by atoms with Gasteiger partial charge in [0.15, 0.2) is 0 Å². The van der Waals surface area contributed by atoms with Crippen LogP contribution >= 0.6 is 0 Å². The van der Waals surface area contributed by atoms with Gasteiger partial charge in [0.1, 0.15) is 17.8 Å². The van der Waals surface area contributed by atoms with Gasteiger partial charge in [-0.25, -0.2) is 9.97 Å². The number of aromatic amines is 1. The summed E-state index contributed by atoms with van der Waals surface area (Å²) in [6.45, 7) is 1.36. The Hall–Kier alpha value is -3.00. The SMILES string of the molecule is COCCN(c1cc(C(=O)Nc2ccc3[nH]ncc3c2)ncn1)C1CCCCC1. The number of anilines is 2. The third-order valence-corrected chi connectivity index (χ3v) is 5.43. The molecule has 2 heterocycles. The molecule has 0 bridgehead atoms. The van der Waals surface area contributed by atoms with Crippen LogP contribution in [0, 0.1) is 0 Å². The number of rotatable bonds is 7. The lowest BCUT2D eigenvalue weighted by molar-refractivity contribution is 0.102. The van der Waals surface area contributed by atoms with Gasteiger partial charge in [0.05, 0.1) is 18.3 Å². The molecule has 8 nitrogen and oxygen atoms in total. The van der Waals surface area contributed by atoms with Gasteiger partial charge in [0.2, 0.25) is 0 Å². The van der Waals surface area contributed by atoms with E-state index < -0.39 is 0 Å². The van der Waals surface area contributed by atoms with Crippen molar-refractivity contribution >= 4 is 28.3 Å². The van der Waals surface area contributed by atoms with Gasteiger partial charge in [-0.1, -0.05) is 19.3 Å². The first-order valence-electron chi connectivity index (χ1n) is 10.1. The Labute approximate surface area is 169 Å². The minimum absolute atomic E-state index is 0.258. The molecule has 1 saturated carbocycles. The molecule has 4 rings (SSSR count). The molecule has 1 fully saturated rings. The number of hydrogen-bond donors (Lipinski definition) is 2. The average Bonchev–Trinajstić information content (AvgIpc) is 3.23. The van der Waals surface area contributed by atoms with Gasteiger partial charge >= 0.3 is 0 Å². The molecule has 0 aliphatic heterocycles. The van der Waals surface area contributed by atoms with E-state index in [0.717, 1.165) is 36.1 Å². The molecule has 8 heteroatoms. The monoisotopic (exact) mass is 394 g/mol. The Morgan fingerprint density at radius 2 is 2.10 bits per heavy atom. The first kappa shape index (κ1) is 19.3. The van der Waals surface area contributed by atoms with Gasteiger partial charge < -0.3 is 15.0 Å². The molecule has 0 saturated heterocycles. The van der Waals surface area contributed by atoms with Crippen molar-refractivity contribution in [1.29, 1.82) is 0 Å². The van der Waals surface area contributed by atoms with Crippen LogP contribution in [0.2, 0.25) is 0 Å². The summed E-state index contributed by atoms with van der Waals surface area (Å²) in [7, 11) is 1.70. The third kappa shape index (κ3) is 4.54. The van der Waals surface area contributed by atoms with Crippen molar-refractivity contribution in [2.75, 3.05) is 30.5 Å². The van der Waals surface area contributed by atoms with Gasteiger partial charge in [0, 0.05) is 36.8 Å². The van der Waals surface area contributed by atoms with E-state index in [4.69, 9.17) is 4.74 Å². The molecule has 1 aliphatic rings. The lowest BCUT2D eigenvalue weighted by atomic mass is 9.94. The van der Waals surface area contributed by atoms with Gasteiger partial charge in [-0.05, 0) is 31.0 Å². The van der Waals surface area contributed by atoms with Crippen LogP contribution in [0.1, 0.15) is 42.6 Å². The summed E-state index contributed by atoms with van der Waals surface area (Å²) in [6.07, 6.45) is 9.21. The lowest BCUT2D eigenvalue weighted by Crippen LogP contribution is -2.39. The highest BCUT2D eigenvalue weighted by Crippen LogP contribution is 2.26. The zero-order valence-electron chi connectivity index (χ0n) is 16.6. The fraction of sp³-hybridized carbons (Fsp3) is 0.429. The van der Waals surface area contributed by atoms with Crippen molar-refractivity contribution in [1.82, 2.24) is 20.2 Å². The van der Waals surface area contributed by atoms with E-state index in [1.165, 1.54) is 25.6 Å². The van der Waals surface area contributed by atoms with E-state index in [0.29, 0.717) is 24.0 Å². The second kappa shape index (κ2) is 9.00. The third-order valence-electron chi connectivity index (χ3n) is 5.43. The molecule has 1 aromatic carbocycles. The van der Waals surface area contributed by atoms with E-state index in [-0.39, 0.29) is 5.91 Å². The predicted octanol–water partition coefficient (Wildman–Crippen LogP) is 3.39. The summed E-state index contributed by atoms with van der Waals surface area (Å²) < 4.78 is 5.30. The Balaban J connectivity index is 1.53. The summed E-state index contributed by atoms with van der Waals surface area (Å²) >= 11 is 0. The number of benzene rings is 1. The number of carbonyl (C=O) groups is 1. The quantitative estimate of drug-likeness (QED) is 0.638. The summed E-state index contributed by atoms with van der Waals surface area (Å²) in [5, 5.41) is 10.8. The first-order chi connectivity index (χ1) is 14.2. The molecule has 1 amide bonds. The second-order valence-electron chi connectivity index (χ2n) is 7.37. The topological polar surface area (TPSA) is 96.0 Å². The molecule has 29 heavy (non-hydrogen) atoms. The number of methoxy groups -OCH3 is 1. The minimum Gasteiger partial charge on any atom is -0.383 e. The second-order valence-corrected chi connectivity index (χ2v) is 7.37. The van der Waals surface area contributed by atoms with Gasteiger partial charge in [-0.15, -0.1) is 0 Å². The van der Waals surface area contributed by atoms with Crippen molar-refractivity contribution in [2.24, 2.45) is 0 Å². The van der Waals surface area contributed by atoms with Crippen LogP contribution in [0.3, 0.4) is 0 Å². The molecule has 0 unspecified atom stereocenters. The van der Waals surface area contributed by atoms with Crippen LogP contribution in [0.5, 0.6) is 0 Å². The fourth-order valence-corrected chi connectivity index (χ4v) is 3.91. The normalized spacial score (nSPS) is 14.8. The molecule has 2 aromatic heterocycles. The molecule has 0 atom stereocenters. The number of nitrogens with one attached hydrogen (secondary N) is 2. The Morgan fingerprint density at radius 3 is 2.93 bits per heavy atom. The number of amides is 1. The van der Waals surface area contributed by atoms with Gasteiger partial charge in [-0.3, -0.25) is 9.89 Å². The highest BCUT2D eigenvalue weighted by molar-refractivity contribution is 6.04. The van der Waals surface area contributed by atoms with E-state index in [1.807, 2.05) is 18.2 Å². The summed E-state index contributed by atoms with van der Waals surface area (Å²) in [5.74, 6) is 0.520. The number of hydrogen-bond acceptors (Lipinski definition) is 6. The number of aromatic nitrogens is 4. The highest BCUT2D eigenvalue weighted by atomic mass is 16.5. The van der Waals surface area contributed by atoms with Crippen LogP contribution in [0.15, 0.2) is 36.8 Å². The van der Waals surface area contributed by atoms with Crippen LogP contribution in [0.25, 0.3) is 10.9 Å². The largest absolute Gasteiger partial charge is 0.383 e. The molecule has 1 aliphatic carbocycles. The molecular weight excluding hydrogens is 368 g/mol. The number of nitrogens with zero attached hydrogens (tertiary/aromatic N) is 4. The highest BCUT2D eigenvalue weighted by Gasteiger charge is 2.23. The Morgan fingerprint density at radius 1 is 1.24 bits per heavy atom. The van der Waals surface area contributed by atoms with Gasteiger partial charge in [-0.2, -0.15) is 5.10 Å². The molecule has 2 N–H and O–H groups in total. The number of H-pyrrole nitrogens is 1. The van der Waals surface area contributed by atoms with Crippen molar-refractivity contribution < 1.29 is 9.53 Å². The Bertz CT molecular complexity index is 966. The molecule has 3 aromatic rings. The summed E-state index contributed by atoms with van der Waals surface area (Å²) in [4.78, 5) is 23.7. The maximum absolute atomic E-state index is 12.8. The van der Waals surface area contributed by atoms with E-state index >= 15 is 0 Å². The predicted molar refractivity (Wildman–Crippen MR) is 112 cm³/mol. The smallest absolute Gasteiger partial charge is 0.274 e. The number of carbonyl (C=O) groups excluding carboxylic acids is 1. The zero-order chi connectivity index (χ0) is 20.1. The van der Waals surface area contributed by atoms with Crippen molar-refractivity contribution in [2.45, 2.75) is 38.1 Å². The van der Waals surface area contributed by atoms with Crippen molar-refractivity contribution in [3.63, 3.8) is 0 Å². The number of ether oxygens (including phenoxy) is 1. The van der Waals surface area contributed by atoms with E-state index in [2.05, 4.69) is 30.4 Å². The van der Waals surface area contributed by atoms with Gasteiger partial charge in [0.25, 0.3) is 5.91 Å². The van der Waals surface area contributed by atoms with Crippen molar-refractivity contribution in [3.05, 3.63) is 42.5 Å². The Kier molecular flexibility index (Phi) is 6.00. The standard InChI is InChI=1S/C21H26N6O2/c1-29-10-9-27(17-5-3-2-4-6-17)20-12-19(22-14-23-20)21(28)25-16-7-8-18-15(11-16)13-24-26-18/h7-8,11-14,17H,2-6,9-10H2,1H3,(H,24,26)(H,25,28). The zero-order valence-corrected chi connectivity index (χ0v) is 16.6. The minimum atomic E-state index is -0.258. The van der Waals surface area contributed by atoms with Crippen LogP contribution in [-0.2, 0) is 4.74 Å². The van der Waals surface area contributed by atoms with E-state index in [9.17, 15) is 4.79 Å². The maximum Gasteiger partial charge on any atom is 0.274 e. The maximum atomic E-state index is 12.8. The van der Waals surface area contributed by atoms with Crippen LogP contribution in [0.4, 0.5) is 11.5 Å². The fourth-order valence-electron chi connectivity index (χ4n) is 3.91. The number of fused-ring (bicyclic) bond motifs is 1. The molecular formula is C21H26N6O2. The van der Waals surface area contributed by atoms with Crippen molar-refractivity contribution in [3.8, 4) is 0 Å². The molecule has 0 radical (unpaired) electrons. The first-order valence-corrected chi connectivity index (χ1v) is 10.1. The molecule has 152 valence electrons. The average molecular weight is 394 g/mol.